The van der Waals surface area contributed by atoms with E-state index < -0.39 is 18.2 Å². The van der Waals surface area contributed by atoms with E-state index in [2.05, 4.69) is 9.64 Å². The smallest absolute Gasteiger partial charge is 0.415 e. The van der Waals surface area contributed by atoms with Crippen LogP contribution in [-0.2, 0) is 19.0 Å². The van der Waals surface area contributed by atoms with Gasteiger partial charge in [-0.15, -0.1) is 0 Å². The first-order valence-electron chi connectivity index (χ1n) is 7.68. The Balaban J connectivity index is 1.69. The molecule has 2 fully saturated rings. The molecule has 1 atom stereocenters. The number of carbonyl (C=O) groups excluding carboxylic acids is 2. The third-order valence-electron chi connectivity index (χ3n) is 4.02. The van der Waals surface area contributed by atoms with Crippen LogP contribution in [0.15, 0.2) is 24.3 Å². The summed E-state index contributed by atoms with van der Waals surface area (Å²) < 4.78 is 15.1. The van der Waals surface area contributed by atoms with Gasteiger partial charge in [-0.2, -0.15) is 0 Å². The molecule has 23 heavy (non-hydrogen) atoms. The van der Waals surface area contributed by atoms with Crippen molar-refractivity contribution in [3.63, 3.8) is 0 Å². The zero-order valence-corrected chi connectivity index (χ0v) is 13.1. The third-order valence-corrected chi connectivity index (χ3v) is 4.02. The number of benzene rings is 1. The van der Waals surface area contributed by atoms with Crippen molar-refractivity contribution in [3.05, 3.63) is 24.3 Å². The Morgan fingerprint density at radius 1 is 1.17 bits per heavy atom. The van der Waals surface area contributed by atoms with Gasteiger partial charge >= 0.3 is 12.1 Å². The number of nitrogens with zero attached hydrogens (tertiary/aromatic N) is 2. The minimum Gasteiger partial charge on any atom is -0.466 e. The van der Waals surface area contributed by atoms with Crippen molar-refractivity contribution in [2.45, 2.75) is 12.5 Å². The van der Waals surface area contributed by atoms with Crippen molar-refractivity contribution in [2.24, 2.45) is 0 Å². The van der Waals surface area contributed by atoms with Crippen LogP contribution in [0.25, 0.3) is 0 Å². The second-order valence-corrected chi connectivity index (χ2v) is 5.48. The number of hydrogen-bond acceptors (Lipinski definition) is 6. The highest BCUT2D eigenvalue weighted by Gasteiger charge is 2.37. The molecule has 2 saturated heterocycles. The molecule has 124 valence electrons. The Morgan fingerprint density at radius 2 is 1.91 bits per heavy atom. The normalized spacial score (nSPS) is 21.8. The third kappa shape index (κ3) is 3.39. The van der Waals surface area contributed by atoms with E-state index in [9.17, 15) is 9.59 Å². The lowest BCUT2D eigenvalue weighted by Gasteiger charge is -2.22. The van der Waals surface area contributed by atoms with Gasteiger partial charge in [-0.25, -0.2) is 9.59 Å². The van der Waals surface area contributed by atoms with Crippen LogP contribution < -0.4 is 9.80 Å². The van der Waals surface area contributed by atoms with Gasteiger partial charge in [0.2, 0.25) is 6.10 Å². The number of rotatable bonds is 3. The molecule has 2 heterocycles. The van der Waals surface area contributed by atoms with Gasteiger partial charge < -0.3 is 19.1 Å². The molecule has 0 saturated carbocycles. The maximum atomic E-state index is 11.9. The summed E-state index contributed by atoms with van der Waals surface area (Å²) >= 11 is 0. The molecule has 0 radical (unpaired) electrons. The molecule has 3 rings (SSSR count). The number of hydrogen-bond donors (Lipinski definition) is 0. The Hall–Kier alpha value is -2.28. The molecule has 1 unspecified atom stereocenters. The second-order valence-electron chi connectivity index (χ2n) is 5.48. The van der Waals surface area contributed by atoms with Crippen LogP contribution in [0.4, 0.5) is 16.2 Å². The number of methoxy groups -OCH3 is 1. The summed E-state index contributed by atoms with van der Waals surface area (Å²) in [4.78, 5) is 27.1. The summed E-state index contributed by atoms with van der Waals surface area (Å²) in [6, 6.07) is 7.67. The fourth-order valence-corrected chi connectivity index (χ4v) is 2.78. The predicted octanol–water partition coefficient (Wildman–Crippen LogP) is 1.41. The average molecular weight is 320 g/mol. The lowest BCUT2D eigenvalue weighted by molar-refractivity contribution is -0.148. The monoisotopic (exact) mass is 320 g/mol. The van der Waals surface area contributed by atoms with Gasteiger partial charge in [-0.3, -0.25) is 4.90 Å². The molecule has 1 aromatic rings. The van der Waals surface area contributed by atoms with Crippen LogP contribution in [-0.4, -0.2) is 58.1 Å². The summed E-state index contributed by atoms with van der Waals surface area (Å²) in [6.07, 6.45) is -0.396. The molecule has 2 aliphatic rings. The Morgan fingerprint density at radius 3 is 2.65 bits per heavy atom. The van der Waals surface area contributed by atoms with E-state index in [1.807, 2.05) is 24.3 Å². The lowest BCUT2D eigenvalue weighted by atomic mass is 10.2. The summed E-state index contributed by atoms with van der Waals surface area (Å²) in [5.41, 5.74) is 1.80. The zero-order valence-electron chi connectivity index (χ0n) is 13.1. The molecule has 7 nitrogen and oxygen atoms in total. The van der Waals surface area contributed by atoms with Crippen LogP contribution in [0.5, 0.6) is 0 Å². The number of cyclic esters (lactones) is 1. The molecule has 0 aromatic heterocycles. The molecule has 2 aliphatic heterocycles. The fraction of sp³-hybridized carbons (Fsp3) is 0.500. The summed E-state index contributed by atoms with van der Waals surface area (Å²) in [5.74, 6) is -0.540. The number of amides is 1. The van der Waals surface area contributed by atoms with Gasteiger partial charge in [-0.1, -0.05) is 0 Å². The van der Waals surface area contributed by atoms with Crippen LogP contribution in [0.1, 0.15) is 6.42 Å². The first kappa shape index (κ1) is 15.6. The molecular weight excluding hydrogens is 300 g/mol. The SMILES string of the molecule is COC(=O)C1CN(c2ccc(N3CCCOCC3)cc2)C(=O)O1. The van der Waals surface area contributed by atoms with E-state index in [4.69, 9.17) is 9.47 Å². The zero-order chi connectivity index (χ0) is 16.2. The second kappa shape index (κ2) is 6.87. The van der Waals surface area contributed by atoms with Gasteiger partial charge in [0.25, 0.3) is 0 Å². The standard InChI is InChI=1S/C16H20N2O5/c1-21-15(19)14-11-18(16(20)23-14)13-5-3-12(4-6-13)17-7-2-9-22-10-8-17/h3-6,14H,2,7-11H2,1H3. The van der Waals surface area contributed by atoms with Crippen LogP contribution in [0.3, 0.4) is 0 Å². The largest absolute Gasteiger partial charge is 0.466 e. The Bertz CT molecular complexity index is 566. The minimum atomic E-state index is -0.866. The van der Waals surface area contributed by atoms with E-state index in [0.29, 0.717) is 5.69 Å². The van der Waals surface area contributed by atoms with Crippen LogP contribution >= 0.6 is 0 Å². The topological polar surface area (TPSA) is 68.3 Å². The molecule has 0 N–H and O–H groups in total. The molecular formula is C16H20N2O5. The molecule has 1 aromatic carbocycles. The van der Waals surface area contributed by atoms with E-state index in [1.165, 1.54) is 12.0 Å². The quantitative estimate of drug-likeness (QED) is 0.785. The average Bonchev–Trinajstić information content (AvgIpc) is 2.79. The molecule has 7 heteroatoms. The summed E-state index contributed by atoms with van der Waals surface area (Å²) in [7, 11) is 1.28. The van der Waals surface area contributed by atoms with Crippen molar-refractivity contribution in [1.29, 1.82) is 0 Å². The van der Waals surface area contributed by atoms with Crippen molar-refractivity contribution in [3.8, 4) is 0 Å². The van der Waals surface area contributed by atoms with Crippen molar-refractivity contribution in [1.82, 2.24) is 0 Å². The van der Waals surface area contributed by atoms with E-state index in [0.717, 1.165) is 38.4 Å². The summed E-state index contributed by atoms with van der Waals surface area (Å²) in [5, 5.41) is 0. The van der Waals surface area contributed by atoms with Crippen molar-refractivity contribution in [2.75, 3.05) is 49.8 Å². The van der Waals surface area contributed by atoms with E-state index >= 15 is 0 Å². The van der Waals surface area contributed by atoms with Crippen molar-refractivity contribution < 1.29 is 23.8 Å². The van der Waals surface area contributed by atoms with Crippen LogP contribution in [0, 0.1) is 0 Å². The maximum absolute atomic E-state index is 11.9. The number of ether oxygens (including phenoxy) is 3. The van der Waals surface area contributed by atoms with E-state index in [-0.39, 0.29) is 6.54 Å². The Kier molecular flexibility index (Phi) is 4.66. The maximum Gasteiger partial charge on any atom is 0.415 e. The molecule has 0 aliphatic carbocycles. The van der Waals surface area contributed by atoms with Crippen LogP contribution in [0.2, 0.25) is 0 Å². The highest BCUT2D eigenvalue weighted by molar-refractivity contribution is 5.94. The predicted molar refractivity (Wildman–Crippen MR) is 83.7 cm³/mol. The summed E-state index contributed by atoms with van der Waals surface area (Å²) in [6.45, 7) is 3.50. The highest BCUT2D eigenvalue weighted by Crippen LogP contribution is 2.25. The van der Waals surface area contributed by atoms with E-state index in [1.54, 1.807) is 0 Å². The molecule has 0 spiro atoms. The fourth-order valence-electron chi connectivity index (χ4n) is 2.78. The number of anilines is 2. The minimum absolute atomic E-state index is 0.169. The first-order chi connectivity index (χ1) is 11.2. The van der Waals surface area contributed by atoms with Gasteiger partial charge in [0.15, 0.2) is 0 Å². The first-order valence-corrected chi connectivity index (χ1v) is 7.68. The molecule has 0 bridgehead atoms. The number of carbonyl (C=O) groups is 2. The highest BCUT2D eigenvalue weighted by atomic mass is 16.6. The van der Waals surface area contributed by atoms with Gasteiger partial charge in [0.05, 0.1) is 20.3 Å². The Labute approximate surface area is 134 Å². The van der Waals surface area contributed by atoms with Gasteiger partial charge in [0, 0.05) is 31.1 Å². The van der Waals surface area contributed by atoms with Gasteiger partial charge in [-0.05, 0) is 30.7 Å². The van der Waals surface area contributed by atoms with Crippen molar-refractivity contribution >= 4 is 23.4 Å². The van der Waals surface area contributed by atoms with Gasteiger partial charge in [0.1, 0.15) is 0 Å². The lowest BCUT2D eigenvalue weighted by Crippen LogP contribution is -2.29. The molecule has 1 amide bonds. The number of esters is 1.